The lowest BCUT2D eigenvalue weighted by Crippen LogP contribution is -2.51. The summed E-state index contributed by atoms with van der Waals surface area (Å²) in [5.74, 6) is -0.0819. The predicted octanol–water partition coefficient (Wildman–Crippen LogP) is 2.87. The van der Waals surface area contributed by atoms with Gasteiger partial charge >= 0.3 is 6.09 Å². The zero-order valence-electron chi connectivity index (χ0n) is 17.2. The van der Waals surface area contributed by atoms with E-state index < -0.39 is 0 Å². The van der Waals surface area contributed by atoms with Crippen LogP contribution in [0.5, 0.6) is 0 Å². The molecule has 0 N–H and O–H groups in total. The fourth-order valence-corrected chi connectivity index (χ4v) is 3.73. The molecule has 2 aromatic heterocycles. The normalized spacial score (nSPS) is 14.2. The van der Waals surface area contributed by atoms with E-state index in [0.29, 0.717) is 44.8 Å². The van der Waals surface area contributed by atoms with Gasteiger partial charge in [0.05, 0.1) is 23.6 Å². The van der Waals surface area contributed by atoms with Gasteiger partial charge in [0.2, 0.25) is 0 Å². The maximum Gasteiger partial charge on any atom is 0.409 e. The number of aryl methyl sites for hydroxylation is 1. The third kappa shape index (κ3) is 3.72. The monoisotopic (exact) mass is 407 g/mol. The van der Waals surface area contributed by atoms with Gasteiger partial charge in [0, 0.05) is 44.0 Å². The van der Waals surface area contributed by atoms with Crippen LogP contribution in [0.1, 0.15) is 29.9 Å². The van der Waals surface area contributed by atoms with Gasteiger partial charge < -0.3 is 14.5 Å². The summed E-state index contributed by atoms with van der Waals surface area (Å²) in [6, 6.07) is 11.8. The number of piperazine rings is 1. The number of benzene rings is 1. The minimum Gasteiger partial charge on any atom is -0.450 e. The molecular weight excluding hydrogens is 382 g/mol. The second kappa shape index (κ2) is 8.52. The second-order valence-corrected chi connectivity index (χ2v) is 7.12. The first-order valence-electron chi connectivity index (χ1n) is 10.3. The Morgan fingerprint density at radius 1 is 1.03 bits per heavy atom. The van der Waals surface area contributed by atoms with Crippen LogP contribution < -0.4 is 0 Å². The first-order chi connectivity index (χ1) is 14.6. The SMILES string of the molecule is CCOC(=O)N1CCN(C(=O)c2cnc3cc(-c4ccccc4)nn3c2CC)CC1. The van der Waals surface area contributed by atoms with E-state index in [1.807, 2.05) is 43.3 Å². The van der Waals surface area contributed by atoms with E-state index in [0.717, 1.165) is 22.6 Å². The molecule has 0 saturated carbocycles. The molecule has 8 heteroatoms. The fraction of sp³-hybridized carbons (Fsp3) is 0.364. The molecule has 3 heterocycles. The Hall–Kier alpha value is -3.42. The fourth-order valence-electron chi connectivity index (χ4n) is 3.73. The molecule has 8 nitrogen and oxygen atoms in total. The maximum atomic E-state index is 13.2. The number of amides is 2. The van der Waals surface area contributed by atoms with Gasteiger partial charge in [0.25, 0.3) is 5.91 Å². The van der Waals surface area contributed by atoms with Gasteiger partial charge in [-0.15, -0.1) is 0 Å². The molecule has 3 aromatic rings. The molecule has 1 aromatic carbocycles. The van der Waals surface area contributed by atoms with Crippen LogP contribution >= 0.6 is 0 Å². The first kappa shape index (κ1) is 19.9. The van der Waals surface area contributed by atoms with Crippen molar-refractivity contribution >= 4 is 17.6 Å². The van der Waals surface area contributed by atoms with Gasteiger partial charge in [-0.25, -0.2) is 14.3 Å². The molecule has 1 aliphatic rings. The van der Waals surface area contributed by atoms with Gasteiger partial charge in [-0.1, -0.05) is 37.3 Å². The number of fused-ring (bicyclic) bond motifs is 1. The quantitative estimate of drug-likeness (QED) is 0.664. The van der Waals surface area contributed by atoms with Crippen LogP contribution in [0.15, 0.2) is 42.6 Å². The van der Waals surface area contributed by atoms with E-state index in [1.165, 1.54) is 0 Å². The van der Waals surface area contributed by atoms with Crippen molar-refractivity contribution in [3.8, 4) is 11.3 Å². The van der Waals surface area contributed by atoms with Crippen molar-refractivity contribution in [3.05, 3.63) is 53.9 Å². The van der Waals surface area contributed by atoms with Crippen molar-refractivity contribution in [1.29, 1.82) is 0 Å². The third-order valence-corrected chi connectivity index (χ3v) is 5.31. The molecule has 0 atom stereocenters. The van der Waals surface area contributed by atoms with Crippen LogP contribution in [-0.4, -0.2) is 69.2 Å². The highest BCUT2D eigenvalue weighted by Gasteiger charge is 2.27. The largest absolute Gasteiger partial charge is 0.450 e. The van der Waals surface area contributed by atoms with Crippen molar-refractivity contribution in [2.24, 2.45) is 0 Å². The summed E-state index contributed by atoms with van der Waals surface area (Å²) in [6.45, 7) is 5.99. The Bertz CT molecular complexity index is 1060. The van der Waals surface area contributed by atoms with Crippen LogP contribution in [0.2, 0.25) is 0 Å². The molecule has 0 bridgehead atoms. The summed E-state index contributed by atoms with van der Waals surface area (Å²) in [7, 11) is 0. The Morgan fingerprint density at radius 3 is 2.40 bits per heavy atom. The van der Waals surface area contributed by atoms with E-state index in [2.05, 4.69) is 4.98 Å². The van der Waals surface area contributed by atoms with E-state index in [9.17, 15) is 9.59 Å². The maximum absolute atomic E-state index is 13.2. The lowest BCUT2D eigenvalue weighted by molar-refractivity contribution is 0.0568. The number of carbonyl (C=O) groups is 2. The molecule has 0 spiro atoms. The highest BCUT2D eigenvalue weighted by Crippen LogP contribution is 2.22. The average molecular weight is 407 g/mol. The van der Waals surface area contributed by atoms with Crippen molar-refractivity contribution < 1.29 is 14.3 Å². The van der Waals surface area contributed by atoms with E-state index in [1.54, 1.807) is 27.4 Å². The van der Waals surface area contributed by atoms with Crippen LogP contribution in [0.3, 0.4) is 0 Å². The van der Waals surface area contributed by atoms with Crippen LogP contribution in [0.4, 0.5) is 4.79 Å². The number of aromatic nitrogens is 3. The molecule has 1 aliphatic heterocycles. The standard InChI is InChI=1S/C22H25N5O3/c1-3-19-17(21(28)25-10-12-26(13-11-25)22(29)30-4-2)15-23-20-14-18(24-27(19)20)16-8-6-5-7-9-16/h5-9,14-15H,3-4,10-13H2,1-2H3. The van der Waals surface area contributed by atoms with E-state index in [4.69, 9.17) is 9.84 Å². The van der Waals surface area contributed by atoms with Crippen molar-refractivity contribution in [3.63, 3.8) is 0 Å². The number of rotatable bonds is 4. The highest BCUT2D eigenvalue weighted by atomic mass is 16.6. The topological polar surface area (TPSA) is 80.0 Å². The number of hydrogen-bond acceptors (Lipinski definition) is 5. The molecule has 30 heavy (non-hydrogen) atoms. The van der Waals surface area contributed by atoms with Gasteiger partial charge in [0.15, 0.2) is 5.65 Å². The molecule has 0 radical (unpaired) electrons. The van der Waals surface area contributed by atoms with Gasteiger partial charge in [-0.05, 0) is 13.3 Å². The summed E-state index contributed by atoms with van der Waals surface area (Å²) in [6.07, 6.45) is 1.97. The summed E-state index contributed by atoms with van der Waals surface area (Å²) >= 11 is 0. The molecule has 1 saturated heterocycles. The number of hydrogen-bond donors (Lipinski definition) is 0. The predicted molar refractivity (Wildman–Crippen MR) is 112 cm³/mol. The van der Waals surface area contributed by atoms with Crippen LogP contribution in [0, 0.1) is 0 Å². The van der Waals surface area contributed by atoms with Gasteiger partial charge in [-0.3, -0.25) is 4.79 Å². The van der Waals surface area contributed by atoms with Crippen molar-refractivity contribution in [2.45, 2.75) is 20.3 Å². The van der Waals surface area contributed by atoms with E-state index in [-0.39, 0.29) is 12.0 Å². The highest BCUT2D eigenvalue weighted by molar-refractivity contribution is 5.95. The molecule has 0 aliphatic carbocycles. The minimum atomic E-state index is -0.327. The average Bonchev–Trinajstić information content (AvgIpc) is 3.23. The van der Waals surface area contributed by atoms with Gasteiger partial charge in [-0.2, -0.15) is 5.10 Å². The van der Waals surface area contributed by atoms with Gasteiger partial charge in [0.1, 0.15) is 0 Å². The summed E-state index contributed by atoms with van der Waals surface area (Å²) in [5, 5.41) is 4.71. The Balaban J connectivity index is 1.58. The molecule has 4 rings (SSSR count). The molecular formula is C22H25N5O3. The zero-order chi connectivity index (χ0) is 21.1. The number of carbonyl (C=O) groups excluding carboxylic acids is 2. The Labute approximate surface area is 175 Å². The Morgan fingerprint density at radius 2 is 1.73 bits per heavy atom. The molecule has 156 valence electrons. The summed E-state index contributed by atoms with van der Waals surface area (Å²) < 4.78 is 6.82. The number of nitrogens with zero attached hydrogens (tertiary/aromatic N) is 5. The summed E-state index contributed by atoms with van der Waals surface area (Å²) in [5.41, 5.74) is 3.94. The van der Waals surface area contributed by atoms with Crippen LogP contribution in [-0.2, 0) is 11.2 Å². The number of ether oxygens (including phenoxy) is 1. The lowest BCUT2D eigenvalue weighted by atomic mass is 10.1. The van der Waals surface area contributed by atoms with Crippen molar-refractivity contribution in [2.75, 3.05) is 32.8 Å². The van der Waals surface area contributed by atoms with Crippen LogP contribution in [0.25, 0.3) is 16.9 Å². The van der Waals surface area contributed by atoms with Crippen molar-refractivity contribution in [1.82, 2.24) is 24.4 Å². The minimum absolute atomic E-state index is 0.0819. The van der Waals surface area contributed by atoms with E-state index >= 15 is 0 Å². The summed E-state index contributed by atoms with van der Waals surface area (Å²) in [4.78, 5) is 33.0. The molecule has 2 amide bonds. The molecule has 1 fully saturated rings. The smallest absolute Gasteiger partial charge is 0.409 e. The Kier molecular flexibility index (Phi) is 5.65. The second-order valence-electron chi connectivity index (χ2n) is 7.12. The first-order valence-corrected chi connectivity index (χ1v) is 10.3. The third-order valence-electron chi connectivity index (χ3n) is 5.31. The molecule has 0 unspecified atom stereocenters. The lowest BCUT2D eigenvalue weighted by Gasteiger charge is -2.34. The zero-order valence-corrected chi connectivity index (χ0v) is 17.2.